The van der Waals surface area contributed by atoms with Gasteiger partial charge in [-0.2, -0.15) is 5.10 Å². The van der Waals surface area contributed by atoms with E-state index < -0.39 is 12.1 Å². The van der Waals surface area contributed by atoms with E-state index in [4.69, 9.17) is 9.47 Å². The number of nitrogens with one attached hydrogen (secondary N) is 1. The predicted octanol–water partition coefficient (Wildman–Crippen LogP) is 5.22. The number of hydrogen-bond acceptors (Lipinski definition) is 5. The van der Waals surface area contributed by atoms with Crippen LogP contribution in [0.5, 0.6) is 11.5 Å². The fourth-order valence-electron chi connectivity index (χ4n) is 5.53. The average molecular weight is 531 g/mol. The highest BCUT2D eigenvalue weighted by atomic mass is 16.6. The molecule has 1 aliphatic carbocycles. The Labute approximate surface area is 230 Å². The number of aryl methyl sites for hydroxylation is 2. The molecule has 8 heteroatoms. The summed E-state index contributed by atoms with van der Waals surface area (Å²) >= 11 is 0. The lowest BCUT2D eigenvalue weighted by Crippen LogP contribution is -2.52. The smallest absolute Gasteiger partial charge is 0.272 e. The third-order valence-electron chi connectivity index (χ3n) is 7.66. The lowest BCUT2D eigenvalue weighted by molar-refractivity contribution is -0.132. The zero-order chi connectivity index (χ0) is 27.5. The van der Waals surface area contributed by atoms with Gasteiger partial charge in [-0.05, 0) is 55.5 Å². The Morgan fingerprint density at radius 1 is 1.03 bits per heavy atom. The van der Waals surface area contributed by atoms with Crippen molar-refractivity contribution in [1.29, 1.82) is 0 Å². The number of rotatable bonds is 7. The Morgan fingerprint density at radius 3 is 2.36 bits per heavy atom. The third-order valence-corrected chi connectivity index (χ3v) is 7.66. The van der Waals surface area contributed by atoms with E-state index in [0.717, 1.165) is 31.2 Å². The molecule has 2 heterocycles. The summed E-state index contributed by atoms with van der Waals surface area (Å²) in [6.07, 6.45) is 6.17. The lowest BCUT2D eigenvalue weighted by atomic mass is 9.94. The molecule has 0 radical (unpaired) electrons. The molecule has 0 spiro atoms. The largest absolute Gasteiger partial charge is 0.485 e. The number of aromatic nitrogens is 2. The van der Waals surface area contributed by atoms with Gasteiger partial charge in [0, 0.05) is 30.5 Å². The first-order valence-corrected chi connectivity index (χ1v) is 13.9. The maximum absolute atomic E-state index is 14.4. The Morgan fingerprint density at radius 2 is 1.72 bits per heavy atom. The summed E-state index contributed by atoms with van der Waals surface area (Å²) in [6.45, 7) is 6.18. The molecule has 2 amide bonds. The van der Waals surface area contributed by atoms with Gasteiger partial charge < -0.3 is 14.8 Å². The summed E-state index contributed by atoms with van der Waals surface area (Å²) in [5.74, 6) is 0.896. The van der Waals surface area contributed by atoms with Crippen LogP contribution in [0.2, 0.25) is 0 Å². The van der Waals surface area contributed by atoms with Crippen molar-refractivity contribution in [3.05, 3.63) is 71.5 Å². The van der Waals surface area contributed by atoms with Crippen LogP contribution in [0.25, 0.3) is 0 Å². The van der Waals surface area contributed by atoms with Crippen molar-refractivity contribution < 1.29 is 19.1 Å². The van der Waals surface area contributed by atoms with Crippen molar-refractivity contribution in [2.24, 2.45) is 7.05 Å². The minimum Gasteiger partial charge on any atom is -0.485 e. The Hall–Kier alpha value is -3.81. The summed E-state index contributed by atoms with van der Waals surface area (Å²) in [7, 11) is 1.82. The van der Waals surface area contributed by atoms with Crippen molar-refractivity contribution in [1.82, 2.24) is 15.1 Å². The highest BCUT2D eigenvalue weighted by molar-refractivity contribution is 6.03. The van der Waals surface area contributed by atoms with Gasteiger partial charge in [-0.1, -0.05) is 57.4 Å². The molecule has 2 aliphatic rings. The van der Waals surface area contributed by atoms with E-state index in [9.17, 15) is 9.59 Å². The van der Waals surface area contributed by atoms with Crippen molar-refractivity contribution in [2.75, 3.05) is 11.5 Å². The Bertz CT molecular complexity index is 1310. The molecule has 3 aromatic rings. The molecule has 1 fully saturated rings. The topological polar surface area (TPSA) is 85.7 Å². The maximum atomic E-state index is 14.4. The summed E-state index contributed by atoms with van der Waals surface area (Å²) in [6, 6.07) is 14.3. The molecule has 1 aromatic heterocycles. The van der Waals surface area contributed by atoms with Crippen LogP contribution in [0.4, 0.5) is 5.69 Å². The quantitative estimate of drug-likeness (QED) is 0.453. The molecular weight excluding hydrogens is 492 g/mol. The van der Waals surface area contributed by atoms with E-state index in [-0.39, 0.29) is 24.5 Å². The van der Waals surface area contributed by atoms with Crippen molar-refractivity contribution in [2.45, 2.75) is 77.0 Å². The maximum Gasteiger partial charge on any atom is 0.272 e. The summed E-state index contributed by atoms with van der Waals surface area (Å²) in [4.78, 5) is 30.1. The van der Waals surface area contributed by atoms with E-state index in [1.807, 2.05) is 62.6 Å². The molecule has 1 saturated carbocycles. The van der Waals surface area contributed by atoms with Crippen LogP contribution in [-0.2, 0) is 16.6 Å². The van der Waals surface area contributed by atoms with Crippen LogP contribution in [-0.4, -0.2) is 40.3 Å². The first-order chi connectivity index (χ1) is 18.8. The van der Waals surface area contributed by atoms with Crippen molar-refractivity contribution >= 4 is 17.5 Å². The number of ether oxygens (including phenoxy) is 2. The monoisotopic (exact) mass is 530 g/mol. The first kappa shape index (κ1) is 26.8. The fraction of sp³-hybridized carbons (Fsp3) is 0.452. The second-order valence-corrected chi connectivity index (χ2v) is 10.9. The highest BCUT2D eigenvalue weighted by Crippen LogP contribution is 2.35. The second-order valence-electron chi connectivity index (χ2n) is 10.9. The van der Waals surface area contributed by atoms with Gasteiger partial charge in [0.05, 0.1) is 5.69 Å². The number of nitrogens with zero attached hydrogens (tertiary/aromatic N) is 3. The third kappa shape index (κ3) is 5.79. The number of anilines is 1. The van der Waals surface area contributed by atoms with Crippen molar-refractivity contribution in [3.63, 3.8) is 0 Å². The van der Waals surface area contributed by atoms with Gasteiger partial charge in [0.2, 0.25) is 12.0 Å². The number of para-hydroxylation sites is 2. The first-order valence-electron chi connectivity index (χ1n) is 13.9. The van der Waals surface area contributed by atoms with Gasteiger partial charge in [-0.25, -0.2) is 0 Å². The molecule has 5 rings (SSSR count). The molecule has 2 atom stereocenters. The van der Waals surface area contributed by atoms with E-state index in [1.165, 1.54) is 6.42 Å². The molecule has 2 aromatic carbocycles. The zero-order valence-electron chi connectivity index (χ0n) is 23.2. The van der Waals surface area contributed by atoms with Gasteiger partial charge in [0.15, 0.2) is 11.5 Å². The van der Waals surface area contributed by atoms with Crippen molar-refractivity contribution in [3.8, 4) is 11.5 Å². The SMILES string of the molecule is Cc1nn(C)cc1[C@H](C(=O)NC1CCCCC1)N(C(=O)[C@@H]1COc2ccccc2O1)c1ccc(C(C)C)cc1. The molecule has 8 nitrogen and oxygen atoms in total. The number of carbonyl (C=O) groups is 2. The Kier molecular flexibility index (Phi) is 7.91. The standard InChI is InChI=1S/C31H38N4O4/c1-20(2)22-14-16-24(17-15-22)35(31(37)28-19-38-26-12-8-9-13-27(26)39-28)29(25-18-34(4)33-21(25)3)30(36)32-23-10-6-5-7-11-23/h8-9,12-18,20,23,28-29H,5-7,10-11,19H2,1-4H3,(H,32,36)/t28-,29+/m0/s1. The average Bonchev–Trinajstić information content (AvgIpc) is 3.28. The number of hydrogen-bond donors (Lipinski definition) is 1. The summed E-state index contributed by atoms with van der Waals surface area (Å²) < 4.78 is 13.7. The predicted molar refractivity (Wildman–Crippen MR) is 150 cm³/mol. The number of carbonyl (C=O) groups excluding carboxylic acids is 2. The molecule has 0 bridgehead atoms. The summed E-state index contributed by atoms with van der Waals surface area (Å²) in [5, 5.41) is 7.78. The van der Waals surface area contributed by atoms with Crippen LogP contribution in [0.15, 0.2) is 54.7 Å². The normalized spacial score (nSPS) is 18.0. The fourth-order valence-corrected chi connectivity index (χ4v) is 5.53. The van der Waals surface area contributed by atoms with Crippen LogP contribution in [0.3, 0.4) is 0 Å². The molecule has 39 heavy (non-hydrogen) atoms. The zero-order valence-corrected chi connectivity index (χ0v) is 23.2. The molecule has 206 valence electrons. The molecule has 1 aliphatic heterocycles. The number of benzene rings is 2. The molecular formula is C31H38N4O4. The van der Waals surface area contributed by atoms with Gasteiger partial charge in [-0.3, -0.25) is 19.2 Å². The van der Waals surface area contributed by atoms with E-state index in [1.54, 1.807) is 15.6 Å². The van der Waals surface area contributed by atoms with Gasteiger partial charge >= 0.3 is 0 Å². The van der Waals surface area contributed by atoms with Crippen LogP contribution in [0, 0.1) is 6.92 Å². The highest BCUT2D eigenvalue weighted by Gasteiger charge is 2.41. The van der Waals surface area contributed by atoms with Crippen LogP contribution < -0.4 is 19.7 Å². The van der Waals surface area contributed by atoms with E-state index >= 15 is 0 Å². The van der Waals surface area contributed by atoms with Crippen LogP contribution in [0.1, 0.15) is 74.7 Å². The van der Waals surface area contributed by atoms with Crippen LogP contribution >= 0.6 is 0 Å². The van der Waals surface area contributed by atoms with Gasteiger partial charge in [0.25, 0.3) is 5.91 Å². The summed E-state index contributed by atoms with van der Waals surface area (Å²) in [5.41, 5.74) is 3.16. The molecule has 1 N–H and O–H groups in total. The van der Waals surface area contributed by atoms with E-state index in [2.05, 4.69) is 24.3 Å². The second kappa shape index (κ2) is 11.5. The molecule has 0 saturated heterocycles. The lowest BCUT2D eigenvalue weighted by Gasteiger charge is -2.36. The number of amides is 2. The van der Waals surface area contributed by atoms with Gasteiger partial charge in [-0.15, -0.1) is 0 Å². The van der Waals surface area contributed by atoms with E-state index in [0.29, 0.717) is 34.4 Å². The minimum absolute atomic E-state index is 0.0550. The minimum atomic E-state index is -0.918. The number of fused-ring (bicyclic) bond motifs is 1. The molecule has 0 unspecified atom stereocenters. The van der Waals surface area contributed by atoms with Gasteiger partial charge in [0.1, 0.15) is 12.6 Å². The Balaban J connectivity index is 1.56.